The number of rotatable bonds is 5. The number of fused-ring (bicyclic) bond motifs is 2. The maximum absolute atomic E-state index is 13.2. The number of carbonyl (C=O) groups is 1. The monoisotopic (exact) mass is 642 g/mol. The summed E-state index contributed by atoms with van der Waals surface area (Å²) in [5.74, 6) is 0.156. The molecule has 1 aromatic carbocycles. The van der Waals surface area contributed by atoms with E-state index in [1.165, 1.54) is 23.1 Å². The summed E-state index contributed by atoms with van der Waals surface area (Å²) in [4.78, 5) is 22.2. The van der Waals surface area contributed by atoms with Crippen LogP contribution in [-0.2, 0) is 48.4 Å². The summed E-state index contributed by atoms with van der Waals surface area (Å²) in [5.41, 5.74) is 0.602. The van der Waals surface area contributed by atoms with Crippen molar-refractivity contribution < 1.29 is 44.3 Å². The Morgan fingerprint density at radius 1 is 0.932 bits per heavy atom. The molecule has 1 saturated carbocycles. The third-order valence-electron chi connectivity index (χ3n) is 7.68. The van der Waals surface area contributed by atoms with E-state index in [0.717, 1.165) is 50.0 Å². The molecule has 1 fully saturated rings. The number of amides is 1. The van der Waals surface area contributed by atoms with Gasteiger partial charge in [-0.05, 0) is 60.2 Å². The molecule has 44 heavy (non-hydrogen) atoms. The van der Waals surface area contributed by atoms with Crippen molar-refractivity contribution in [3.05, 3.63) is 81.9 Å². The molecule has 1 amide bonds. The lowest BCUT2D eigenvalue weighted by Crippen LogP contribution is -2.27. The lowest BCUT2D eigenvalue weighted by atomic mass is 9.86. The maximum Gasteiger partial charge on any atom is 0.417 e. The van der Waals surface area contributed by atoms with Gasteiger partial charge in [-0.3, -0.25) is 14.8 Å². The standard InChI is InChI=1S/C21H21F3N2O4S.C8H7F3N2/c1-31(28,29)16-5-6-19(30-12-13-3-2-4-13)17(8-16)20(27)26-10-14-7-15(21(22,23)24)9-25-18(14)11-26;9-8(10,11)6-1-5-2-12-4-7(5)13-3-6/h5-9,13H,2-4,10-12H2,1H3;1,3,12H,2,4H2. The molecule has 2 aliphatic heterocycles. The molecule has 6 rings (SSSR count). The van der Waals surface area contributed by atoms with Gasteiger partial charge < -0.3 is 15.0 Å². The molecule has 8 nitrogen and oxygen atoms in total. The predicted octanol–water partition coefficient (Wildman–Crippen LogP) is 5.54. The molecule has 3 aliphatic rings. The molecular formula is C29H28F6N4O4S. The molecule has 0 bridgehead atoms. The minimum atomic E-state index is -4.52. The summed E-state index contributed by atoms with van der Waals surface area (Å²) in [5, 5.41) is 2.94. The van der Waals surface area contributed by atoms with Crippen LogP contribution in [0.15, 0.2) is 47.6 Å². The largest absolute Gasteiger partial charge is 0.492 e. The Kier molecular flexibility index (Phi) is 8.64. The second kappa shape index (κ2) is 12.0. The number of halogens is 6. The molecule has 0 spiro atoms. The van der Waals surface area contributed by atoms with Crippen LogP contribution in [-0.4, -0.2) is 42.1 Å². The highest BCUT2D eigenvalue weighted by Crippen LogP contribution is 2.34. The molecule has 2 aromatic heterocycles. The fraction of sp³-hybridized carbons (Fsp3) is 0.414. The van der Waals surface area contributed by atoms with Crippen molar-refractivity contribution in [3.63, 3.8) is 0 Å². The van der Waals surface area contributed by atoms with Crippen molar-refractivity contribution >= 4 is 15.7 Å². The minimum Gasteiger partial charge on any atom is -0.492 e. The molecule has 1 N–H and O–H groups in total. The van der Waals surface area contributed by atoms with Gasteiger partial charge in [0.1, 0.15) is 5.75 Å². The lowest BCUT2D eigenvalue weighted by molar-refractivity contribution is -0.138. The summed E-state index contributed by atoms with van der Waals surface area (Å²) >= 11 is 0. The second-order valence-corrected chi connectivity index (χ2v) is 13.0. The third kappa shape index (κ3) is 7.15. The SMILES string of the molecule is CS(=O)(=O)c1ccc(OCC2CCC2)c(C(=O)N2Cc3cc(C(F)(F)F)cnc3C2)c1.FC(F)(F)c1cnc2c(c1)CNC2. The van der Waals surface area contributed by atoms with E-state index in [2.05, 4.69) is 15.3 Å². The zero-order chi connectivity index (χ0) is 31.9. The number of sulfone groups is 1. The molecule has 1 aliphatic carbocycles. The highest BCUT2D eigenvalue weighted by Gasteiger charge is 2.35. The van der Waals surface area contributed by atoms with Gasteiger partial charge in [-0.25, -0.2) is 8.42 Å². The number of pyridine rings is 2. The van der Waals surface area contributed by atoms with E-state index in [1.807, 2.05) is 0 Å². The summed E-state index contributed by atoms with van der Waals surface area (Å²) in [6, 6.07) is 6.27. The van der Waals surface area contributed by atoms with E-state index >= 15 is 0 Å². The summed E-state index contributed by atoms with van der Waals surface area (Å²) in [6.07, 6.45) is -2.92. The van der Waals surface area contributed by atoms with Crippen molar-refractivity contribution in [1.82, 2.24) is 20.2 Å². The summed E-state index contributed by atoms with van der Waals surface area (Å²) in [7, 11) is -3.56. The first kappa shape index (κ1) is 31.7. The van der Waals surface area contributed by atoms with Gasteiger partial charge in [0.15, 0.2) is 9.84 Å². The number of aromatic nitrogens is 2. The first-order valence-corrected chi connectivity index (χ1v) is 15.6. The highest BCUT2D eigenvalue weighted by atomic mass is 32.2. The van der Waals surface area contributed by atoms with Crippen LogP contribution in [0, 0.1) is 5.92 Å². The smallest absolute Gasteiger partial charge is 0.417 e. The number of ether oxygens (including phenoxy) is 1. The van der Waals surface area contributed by atoms with Crippen molar-refractivity contribution in [2.24, 2.45) is 5.92 Å². The molecule has 4 heterocycles. The van der Waals surface area contributed by atoms with E-state index in [-0.39, 0.29) is 29.3 Å². The average molecular weight is 643 g/mol. The van der Waals surface area contributed by atoms with Crippen molar-refractivity contribution in [1.29, 1.82) is 0 Å². The van der Waals surface area contributed by atoms with E-state index in [4.69, 9.17) is 4.74 Å². The van der Waals surface area contributed by atoms with E-state index < -0.39 is 39.2 Å². The van der Waals surface area contributed by atoms with Crippen LogP contribution in [0.5, 0.6) is 5.75 Å². The van der Waals surface area contributed by atoms with Gasteiger partial charge in [0, 0.05) is 38.3 Å². The first-order chi connectivity index (χ1) is 20.6. The quantitative estimate of drug-likeness (QED) is 0.365. The van der Waals surface area contributed by atoms with Crippen LogP contribution >= 0.6 is 0 Å². The number of hydrogen-bond donors (Lipinski definition) is 1. The Hall–Kier alpha value is -3.72. The molecular weight excluding hydrogens is 614 g/mol. The molecule has 0 saturated heterocycles. The molecule has 0 atom stereocenters. The van der Waals surface area contributed by atoms with E-state index in [0.29, 0.717) is 48.1 Å². The van der Waals surface area contributed by atoms with Crippen LogP contribution in [0.2, 0.25) is 0 Å². The number of nitrogens with one attached hydrogen (secondary N) is 1. The Morgan fingerprint density at radius 2 is 1.57 bits per heavy atom. The fourth-order valence-electron chi connectivity index (χ4n) is 4.95. The molecule has 0 radical (unpaired) electrons. The van der Waals surface area contributed by atoms with Gasteiger partial charge in [0.25, 0.3) is 5.91 Å². The van der Waals surface area contributed by atoms with Gasteiger partial charge in [-0.15, -0.1) is 0 Å². The van der Waals surface area contributed by atoms with Crippen LogP contribution < -0.4 is 10.1 Å². The molecule has 0 unspecified atom stereocenters. The van der Waals surface area contributed by atoms with E-state index in [9.17, 15) is 39.6 Å². The van der Waals surface area contributed by atoms with Crippen molar-refractivity contribution in [2.75, 3.05) is 12.9 Å². The lowest BCUT2D eigenvalue weighted by Gasteiger charge is -2.26. The fourth-order valence-corrected chi connectivity index (χ4v) is 5.60. The number of carbonyl (C=O) groups excluding carboxylic acids is 1. The molecule has 15 heteroatoms. The van der Waals surface area contributed by atoms with Gasteiger partial charge in [0.05, 0.1) is 46.1 Å². The van der Waals surface area contributed by atoms with Crippen LogP contribution in [0.25, 0.3) is 0 Å². The van der Waals surface area contributed by atoms with Crippen LogP contribution in [0.4, 0.5) is 26.3 Å². The number of hydrogen-bond acceptors (Lipinski definition) is 7. The van der Waals surface area contributed by atoms with Crippen LogP contribution in [0.3, 0.4) is 0 Å². The van der Waals surface area contributed by atoms with Gasteiger partial charge in [-0.1, -0.05) is 6.42 Å². The number of benzene rings is 1. The zero-order valence-electron chi connectivity index (χ0n) is 23.4. The topological polar surface area (TPSA) is 101 Å². The van der Waals surface area contributed by atoms with Crippen molar-refractivity contribution in [2.45, 2.75) is 62.7 Å². The Labute approximate surface area is 249 Å². The second-order valence-electron chi connectivity index (χ2n) is 11.0. The third-order valence-corrected chi connectivity index (χ3v) is 8.79. The molecule has 3 aromatic rings. The number of alkyl halides is 6. The summed E-state index contributed by atoms with van der Waals surface area (Å²) in [6.45, 7) is 1.46. The first-order valence-electron chi connectivity index (χ1n) is 13.7. The predicted molar refractivity (Wildman–Crippen MR) is 145 cm³/mol. The van der Waals surface area contributed by atoms with Gasteiger partial charge in [-0.2, -0.15) is 26.3 Å². The zero-order valence-corrected chi connectivity index (χ0v) is 24.2. The Morgan fingerprint density at radius 3 is 2.16 bits per heavy atom. The number of nitrogens with zero attached hydrogens (tertiary/aromatic N) is 3. The Bertz CT molecular complexity index is 1670. The average Bonchev–Trinajstić information content (AvgIpc) is 3.57. The Balaban J connectivity index is 0.000000245. The normalized spacial score (nSPS) is 16.5. The minimum absolute atomic E-state index is 0.0268. The van der Waals surface area contributed by atoms with Gasteiger partial charge >= 0.3 is 12.4 Å². The highest BCUT2D eigenvalue weighted by molar-refractivity contribution is 7.90. The van der Waals surface area contributed by atoms with E-state index in [1.54, 1.807) is 0 Å². The van der Waals surface area contributed by atoms with Gasteiger partial charge in [0.2, 0.25) is 0 Å². The maximum atomic E-state index is 13.2. The molecule has 236 valence electrons. The van der Waals surface area contributed by atoms with Crippen LogP contribution in [0.1, 0.15) is 63.3 Å². The summed E-state index contributed by atoms with van der Waals surface area (Å²) < 4.78 is 105. The van der Waals surface area contributed by atoms with Crippen molar-refractivity contribution in [3.8, 4) is 5.75 Å².